The quantitative estimate of drug-likeness (QED) is 0.728. The van der Waals surface area contributed by atoms with Crippen LogP contribution in [0, 0.1) is 5.41 Å². The molecule has 0 bridgehead atoms. The molecule has 2 amide bonds. The molecule has 6 heteroatoms. The SMILES string of the molecule is CNC(=O)C(C)(C)CNC(=O)c1ccc(NC)nc1. The first kappa shape index (κ1) is 14.9. The fourth-order valence-corrected chi connectivity index (χ4v) is 1.50. The smallest absolute Gasteiger partial charge is 0.252 e. The van der Waals surface area contributed by atoms with Crippen LogP contribution in [0.2, 0.25) is 0 Å². The van der Waals surface area contributed by atoms with Gasteiger partial charge in [0.1, 0.15) is 5.82 Å². The second-order valence-corrected chi connectivity index (χ2v) is 4.83. The van der Waals surface area contributed by atoms with Crippen molar-refractivity contribution in [2.75, 3.05) is 26.0 Å². The number of amides is 2. The summed E-state index contributed by atoms with van der Waals surface area (Å²) in [5.74, 6) is 0.339. The minimum atomic E-state index is -0.650. The molecule has 1 rings (SSSR count). The molecule has 1 aromatic heterocycles. The number of nitrogens with zero attached hydrogens (tertiary/aromatic N) is 1. The highest BCUT2D eigenvalue weighted by atomic mass is 16.2. The molecular formula is C13H20N4O2. The van der Waals surface area contributed by atoms with Gasteiger partial charge in [0.15, 0.2) is 0 Å². The minimum Gasteiger partial charge on any atom is -0.373 e. The number of hydrogen-bond acceptors (Lipinski definition) is 4. The van der Waals surface area contributed by atoms with Crippen LogP contribution in [-0.2, 0) is 4.79 Å². The molecule has 0 aromatic carbocycles. The fraction of sp³-hybridized carbons (Fsp3) is 0.462. The van der Waals surface area contributed by atoms with Gasteiger partial charge in [-0.1, -0.05) is 0 Å². The van der Waals surface area contributed by atoms with Crippen molar-refractivity contribution in [1.82, 2.24) is 15.6 Å². The average molecular weight is 264 g/mol. The number of rotatable bonds is 5. The van der Waals surface area contributed by atoms with Crippen LogP contribution in [0.1, 0.15) is 24.2 Å². The summed E-state index contributed by atoms with van der Waals surface area (Å²) < 4.78 is 0. The Bertz CT molecular complexity index is 454. The number of carbonyl (C=O) groups is 2. The first-order valence-electron chi connectivity index (χ1n) is 6.05. The van der Waals surface area contributed by atoms with Gasteiger partial charge in [-0.05, 0) is 26.0 Å². The molecular weight excluding hydrogens is 244 g/mol. The highest BCUT2D eigenvalue weighted by molar-refractivity contribution is 5.94. The van der Waals surface area contributed by atoms with Crippen molar-refractivity contribution < 1.29 is 9.59 Å². The van der Waals surface area contributed by atoms with Gasteiger partial charge < -0.3 is 16.0 Å². The Morgan fingerprint density at radius 3 is 2.42 bits per heavy atom. The lowest BCUT2D eigenvalue weighted by Crippen LogP contribution is -2.43. The number of nitrogens with one attached hydrogen (secondary N) is 3. The maximum absolute atomic E-state index is 11.9. The molecule has 0 radical (unpaired) electrons. The highest BCUT2D eigenvalue weighted by Crippen LogP contribution is 2.13. The molecule has 0 aliphatic carbocycles. The van der Waals surface area contributed by atoms with E-state index in [0.717, 1.165) is 0 Å². The van der Waals surface area contributed by atoms with E-state index < -0.39 is 5.41 Å². The molecule has 1 heterocycles. The van der Waals surface area contributed by atoms with Gasteiger partial charge in [-0.2, -0.15) is 0 Å². The Labute approximate surface area is 113 Å². The highest BCUT2D eigenvalue weighted by Gasteiger charge is 2.27. The molecule has 3 N–H and O–H groups in total. The van der Waals surface area contributed by atoms with Crippen molar-refractivity contribution >= 4 is 17.6 Å². The Kier molecular flexibility index (Phi) is 4.86. The maximum Gasteiger partial charge on any atom is 0.252 e. The average Bonchev–Trinajstić information content (AvgIpc) is 2.43. The van der Waals surface area contributed by atoms with E-state index in [1.165, 1.54) is 6.20 Å². The van der Waals surface area contributed by atoms with Crippen LogP contribution in [-0.4, -0.2) is 37.4 Å². The molecule has 104 valence electrons. The maximum atomic E-state index is 11.9. The summed E-state index contributed by atoms with van der Waals surface area (Å²) in [4.78, 5) is 27.5. The van der Waals surface area contributed by atoms with E-state index in [-0.39, 0.29) is 18.4 Å². The number of aromatic nitrogens is 1. The van der Waals surface area contributed by atoms with Crippen molar-refractivity contribution in [2.24, 2.45) is 5.41 Å². The molecule has 0 fully saturated rings. The van der Waals surface area contributed by atoms with E-state index in [4.69, 9.17) is 0 Å². The topological polar surface area (TPSA) is 83.1 Å². The van der Waals surface area contributed by atoms with Crippen molar-refractivity contribution in [2.45, 2.75) is 13.8 Å². The Morgan fingerprint density at radius 2 is 1.95 bits per heavy atom. The summed E-state index contributed by atoms with van der Waals surface area (Å²) in [6, 6.07) is 3.40. The van der Waals surface area contributed by atoms with E-state index in [1.807, 2.05) is 0 Å². The van der Waals surface area contributed by atoms with Crippen LogP contribution >= 0.6 is 0 Å². The van der Waals surface area contributed by atoms with E-state index in [2.05, 4.69) is 20.9 Å². The van der Waals surface area contributed by atoms with E-state index >= 15 is 0 Å². The lowest BCUT2D eigenvalue weighted by Gasteiger charge is -2.22. The third-order valence-electron chi connectivity index (χ3n) is 2.81. The van der Waals surface area contributed by atoms with Crippen LogP contribution in [0.25, 0.3) is 0 Å². The minimum absolute atomic E-state index is 0.114. The van der Waals surface area contributed by atoms with Crippen molar-refractivity contribution in [3.63, 3.8) is 0 Å². The lowest BCUT2D eigenvalue weighted by molar-refractivity contribution is -0.128. The summed E-state index contributed by atoms with van der Waals surface area (Å²) in [7, 11) is 3.33. The second kappa shape index (κ2) is 6.17. The summed E-state index contributed by atoms with van der Waals surface area (Å²) in [5, 5.41) is 8.18. The molecule has 0 saturated carbocycles. The van der Waals surface area contributed by atoms with E-state index in [9.17, 15) is 9.59 Å². The van der Waals surface area contributed by atoms with Crippen LogP contribution in [0.4, 0.5) is 5.82 Å². The van der Waals surface area contributed by atoms with Gasteiger partial charge in [-0.15, -0.1) is 0 Å². The standard InChI is InChI=1S/C13H20N4O2/c1-13(2,12(19)15-4)8-17-11(18)9-5-6-10(14-3)16-7-9/h5-7H,8H2,1-4H3,(H,14,16)(H,15,19)(H,17,18). The predicted octanol–water partition coefficient (Wildman–Crippen LogP) is 0.625. The first-order chi connectivity index (χ1) is 8.90. The van der Waals surface area contributed by atoms with Gasteiger partial charge in [0.25, 0.3) is 5.91 Å². The largest absolute Gasteiger partial charge is 0.373 e. The molecule has 19 heavy (non-hydrogen) atoms. The molecule has 0 unspecified atom stereocenters. The van der Waals surface area contributed by atoms with Gasteiger partial charge in [-0.3, -0.25) is 9.59 Å². The van der Waals surface area contributed by atoms with Gasteiger partial charge in [-0.25, -0.2) is 4.98 Å². The first-order valence-corrected chi connectivity index (χ1v) is 6.05. The zero-order valence-corrected chi connectivity index (χ0v) is 11.7. The number of hydrogen-bond donors (Lipinski definition) is 3. The fourth-order valence-electron chi connectivity index (χ4n) is 1.50. The van der Waals surface area contributed by atoms with Crippen LogP contribution < -0.4 is 16.0 Å². The summed E-state index contributed by atoms with van der Waals surface area (Å²) in [6.07, 6.45) is 1.49. The van der Waals surface area contributed by atoms with E-state index in [0.29, 0.717) is 11.4 Å². The third kappa shape index (κ3) is 3.94. The monoisotopic (exact) mass is 264 g/mol. The number of anilines is 1. The second-order valence-electron chi connectivity index (χ2n) is 4.83. The lowest BCUT2D eigenvalue weighted by atomic mass is 9.92. The van der Waals surface area contributed by atoms with Gasteiger partial charge in [0.2, 0.25) is 5.91 Å². The zero-order chi connectivity index (χ0) is 14.5. The molecule has 0 aliphatic heterocycles. The van der Waals surface area contributed by atoms with Gasteiger partial charge in [0, 0.05) is 26.8 Å². The van der Waals surface area contributed by atoms with Crippen molar-refractivity contribution in [1.29, 1.82) is 0 Å². The summed E-state index contributed by atoms with van der Waals surface area (Å²) in [6.45, 7) is 3.81. The van der Waals surface area contributed by atoms with Crippen LogP contribution in [0.5, 0.6) is 0 Å². The molecule has 0 atom stereocenters. The molecule has 1 aromatic rings. The van der Waals surface area contributed by atoms with E-state index in [1.54, 1.807) is 40.1 Å². The Balaban J connectivity index is 2.62. The molecule has 0 aliphatic rings. The Hall–Kier alpha value is -2.11. The molecule has 6 nitrogen and oxygen atoms in total. The zero-order valence-electron chi connectivity index (χ0n) is 11.7. The Morgan fingerprint density at radius 1 is 1.26 bits per heavy atom. The summed E-state index contributed by atoms with van der Waals surface area (Å²) >= 11 is 0. The predicted molar refractivity (Wildman–Crippen MR) is 74.0 cm³/mol. The number of pyridine rings is 1. The van der Waals surface area contributed by atoms with Crippen molar-refractivity contribution in [3.8, 4) is 0 Å². The van der Waals surface area contributed by atoms with Crippen LogP contribution in [0.15, 0.2) is 18.3 Å². The van der Waals surface area contributed by atoms with Crippen molar-refractivity contribution in [3.05, 3.63) is 23.9 Å². The van der Waals surface area contributed by atoms with Gasteiger partial charge >= 0.3 is 0 Å². The number of carbonyl (C=O) groups excluding carboxylic acids is 2. The molecule has 0 spiro atoms. The van der Waals surface area contributed by atoms with Gasteiger partial charge in [0.05, 0.1) is 11.0 Å². The molecule has 0 saturated heterocycles. The normalized spacial score (nSPS) is 10.7. The van der Waals surface area contributed by atoms with Crippen LogP contribution in [0.3, 0.4) is 0 Å². The third-order valence-corrected chi connectivity index (χ3v) is 2.81. The summed E-state index contributed by atoms with van der Waals surface area (Å²) in [5.41, 5.74) is -0.186.